The van der Waals surface area contributed by atoms with E-state index >= 15 is 0 Å². The van der Waals surface area contributed by atoms with Crippen LogP contribution in [0.25, 0.3) is 0 Å². The summed E-state index contributed by atoms with van der Waals surface area (Å²) in [5, 5.41) is 0. The molecule has 0 amide bonds. The van der Waals surface area contributed by atoms with Crippen LogP contribution < -0.4 is 18.6 Å². The van der Waals surface area contributed by atoms with Crippen molar-refractivity contribution < 1.29 is 18.6 Å². The normalized spacial score (nSPS) is 15.3. The van der Waals surface area contributed by atoms with Crippen molar-refractivity contribution in [2.24, 2.45) is 0 Å². The lowest BCUT2D eigenvalue weighted by molar-refractivity contribution is 0.528. The van der Waals surface area contributed by atoms with Crippen molar-refractivity contribution >= 4 is 15.4 Å². The first-order chi connectivity index (χ1) is 5.93. The van der Waals surface area contributed by atoms with Crippen LogP contribution in [-0.2, 0) is 0 Å². The molecular formula is C6H4B2O4. The first-order valence-corrected chi connectivity index (χ1v) is 3.63. The van der Waals surface area contributed by atoms with Crippen LogP contribution in [0.1, 0.15) is 0 Å². The Morgan fingerprint density at radius 3 is 1.33 bits per heavy atom. The summed E-state index contributed by atoms with van der Waals surface area (Å²) in [6.45, 7) is 0. The Balaban J connectivity index is 2.18. The van der Waals surface area contributed by atoms with Crippen LogP contribution in [0.4, 0.5) is 0 Å². The fourth-order valence-electron chi connectivity index (χ4n) is 1.29. The molecule has 0 saturated heterocycles. The van der Waals surface area contributed by atoms with E-state index in [-0.39, 0.29) is 15.4 Å². The zero-order valence-corrected chi connectivity index (χ0v) is 6.20. The molecule has 12 heavy (non-hydrogen) atoms. The van der Waals surface area contributed by atoms with Crippen LogP contribution in [-0.4, -0.2) is 15.4 Å². The van der Waals surface area contributed by atoms with E-state index in [0.29, 0.717) is 0 Å². The second-order valence-electron chi connectivity index (χ2n) is 2.56. The summed E-state index contributed by atoms with van der Waals surface area (Å²) in [5.41, 5.74) is 0. The van der Waals surface area contributed by atoms with E-state index in [1.54, 1.807) is 12.1 Å². The highest BCUT2D eigenvalue weighted by molar-refractivity contribution is 6.24. The number of benzene rings is 1. The highest BCUT2D eigenvalue weighted by Gasteiger charge is 2.23. The molecule has 4 nitrogen and oxygen atoms in total. The Morgan fingerprint density at radius 1 is 0.667 bits per heavy atom. The van der Waals surface area contributed by atoms with Crippen molar-refractivity contribution in [2.75, 3.05) is 0 Å². The molecule has 0 aliphatic carbocycles. The molecule has 0 unspecified atom stereocenters. The predicted octanol–water partition coefficient (Wildman–Crippen LogP) is -0.238. The van der Waals surface area contributed by atoms with Gasteiger partial charge in [0, 0.05) is 12.1 Å². The van der Waals surface area contributed by atoms with E-state index in [0.717, 1.165) is 23.0 Å². The second kappa shape index (κ2) is 2.03. The monoisotopic (exact) mass is 162 g/mol. The second-order valence-corrected chi connectivity index (χ2v) is 2.56. The fraction of sp³-hybridized carbons (Fsp3) is 0. The van der Waals surface area contributed by atoms with Crippen molar-refractivity contribution in [1.29, 1.82) is 0 Å². The molecular weight excluding hydrogens is 158 g/mol. The Morgan fingerprint density at radius 2 is 1.00 bits per heavy atom. The summed E-state index contributed by atoms with van der Waals surface area (Å²) < 4.78 is 20.7. The van der Waals surface area contributed by atoms with E-state index in [9.17, 15) is 0 Å². The van der Waals surface area contributed by atoms with Gasteiger partial charge in [-0.2, -0.15) is 0 Å². The molecule has 6 heteroatoms. The fourth-order valence-corrected chi connectivity index (χ4v) is 1.29. The average molecular weight is 162 g/mol. The van der Waals surface area contributed by atoms with E-state index in [2.05, 4.69) is 0 Å². The predicted molar refractivity (Wildman–Crippen MR) is 43.3 cm³/mol. The minimum atomic E-state index is 0.276. The van der Waals surface area contributed by atoms with Gasteiger partial charge in [-0.05, 0) is 0 Å². The molecule has 3 rings (SSSR count). The van der Waals surface area contributed by atoms with Gasteiger partial charge in [0.05, 0.1) is 0 Å². The maximum Gasteiger partial charge on any atom is 0.576 e. The summed E-state index contributed by atoms with van der Waals surface area (Å²) in [5.74, 6) is 2.89. The van der Waals surface area contributed by atoms with Gasteiger partial charge in [0.1, 0.15) is 23.0 Å². The molecule has 1 aromatic carbocycles. The first-order valence-electron chi connectivity index (χ1n) is 3.63. The molecule has 0 spiro atoms. The maximum absolute atomic E-state index is 5.17. The highest BCUT2D eigenvalue weighted by atomic mass is 16.6. The molecule has 0 aromatic heterocycles. The minimum Gasteiger partial charge on any atom is -0.526 e. The summed E-state index contributed by atoms with van der Waals surface area (Å²) in [7, 11) is 0.552. The summed E-state index contributed by atoms with van der Waals surface area (Å²) in [4.78, 5) is 0. The van der Waals surface area contributed by atoms with Crippen LogP contribution in [0.3, 0.4) is 0 Å². The largest absolute Gasteiger partial charge is 0.576 e. The lowest BCUT2D eigenvalue weighted by Crippen LogP contribution is -2.01. The highest BCUT2D eigenvalue weighted by Crippen LogP contribution is 2.43. The minimum absolute atomic E-state index is 0.276. The third kappa shape index (κ3) is 0.691. The van der Waals surface area contributed by atoms with Crippen LogP contribution in [0.15, 0.2) is 12.1 Å². The van der Waals surface area contributed by atoms with E-state index in [1.807, 2.05) is 0 Å². The number of hydrogen-bond donors (Lipinski definition) is 0. The molecule has 0 N–H and O–H groups in total. The topological polar surface area (TPSA) is 36.9 Å². The van der Waals surface area contributed by atoms with Crippen molar-refractivity contribution in [3.8, 4) is 23.0 Å². The van der Waals surface area contributed by atoms with Crippen LogP contribution in [0.2, 0.25) is 0 Å². The quantitative estimate of drug-likeness (QED) is 0.493. The Bertz CT molecular complexity index is 280. The van der Waals surface area contributed by atoms with Gasteiger partial charge in [-0.25, -0.2) is 0 Å². The molecule has 0 atom stereocenters. The lowest BCUT2D eigenvalue weighted by atomic mass is 10.3. The first kappa shape index (κ1) is 6.11. The van der Waals surface area contributed by atoms with E-state index in [4.69, 9.17) is 18.6 Å². The molecule has 58 valence electrons. The van der Waals surface area contributed by atoms with Gasteiger partial charge < -0.3 is 18.6 Å². The SMILES string of the molecule is B1Oc2cc3c(cc2O1)OBO3. The zero-order chi connectivity index (χ0) is 7.97. The summed E-state index contributed by atoms with van der Waals surface area (Å²) in [6.07, 6.45) is 0. The lowest BCUT2D eigenvalue weighted by Gasteiger charge is -2.00. The van der Waals surface area contributed by atoms with Crippen LogP contribution >= 0.6 is 0 Å². The number of rotatable bonds is 0. The Labute approximate surface area is 70.0 Å². The number of fused-ring (bicyclic) bond motifs is 2. The molecule has 1 aromatic rings. The average Bonchev–Trinajstić information content (AvgIpc) is 2.64. The van der Waals surface area contributed by atoms with E-state index in [1.165, 1.54) is 0 Å². The van der Waals surface area contributed by atoms with Crippen molar-refractivity contribution in [3.63, 3.8) is 0 Å². The van der Waals surface area contributed by atoms with Gasteiger partial charge >= 0.3 is 15.4 Å². The third-order valence-corrected chi connectivity index (χ3v) is 1.87. The van der Waals surface area contributed by atoms with Crippen molar-refractivity contribution in [2.45, 2.75) is 0 Å². The molecule has 2 aliphatic rings. The van der Waals surface area contributed by atoms with E-state index < -0.39 is 0 Å². The van der Waals surface area contributed by atoms with Crippen LogP contribution in [0.5, 0.6) is 23.0 Å². The van der Waals surface area contributed by atoms with Gasteiger partial charge in [-0.15, -0.1) is 0 Å². The van der Waals surface area contributed by atoms with Gasteiger partial charge in [0.25, 0.3) is 0 Å². The number of hydrogen-bond acceptors (Lipinski definition) is 4. The van der Waals surface area contributed by atoms with Gasteiger partial charge in [0.15, 0.2) is 0 Å². The zero-order valence-electron chi connectivity index (χ0n) is 6.20. The van der Waals surface area contributed by atoms with Crippen LogP contribution in [0, 0.1) is 0 Å². The summed E-state index contributed by atoms with van der Waals surface area (Å²) in [6, 6.07) is 3.56. The Hall–Kier alpha value is -1.45. The molecule has 0 fully saturated rings. The summed E-state index contributed by atoms with van der Waals surface area (Å²) >= 11 is 0. The van der Waals surface area contributed by atoms with Crippen molar-refractivity contribution in [1.82, 2.24) is 0 Å². The maximum atomic E-state index is 5.17. The smallest absolute Gasteiger partial charge is 0.526 e. The van der Waals surface area contributed by atoms with Gasteiger partial charge in [-0.3, -0.25) is 0 Å². The van der Waals surface area contributed by atoms with Crippen molar-refractivity contribution in [3.05, 3.63) is 12.1 Å². The molecule has 2 heterocycles. The standard InChI is InChI=1S/C6H4B2O4/c1-3-5(11-7-9-3)2-6-4(1)10-8-12-6/h1-2,7-8H. The Kier molecular flexibility index (Phi) is 1.03. The van der Waals surface area contributed by atoms with Gasteiger partial charge in [-0.1, -0.05) is 0 Å². The third-order valence-electron chi connectivity index (χ3n) is 1.87. The molecule has 0 radical (unpaired) electrons. The molecule has 0 saturated carbocycles. The van der Waals surface area contributed by atoms with Gasteiger partial charge in [0.2, 0.25) is 0 Å². The molecule has 0 bridgehead atoms. The molecule has 2 aliphatic heterocycles.